The van der Waals surface area contributed by atoms with Crippen LogP contribution >= 0.6 is 23.2 Å². The van der Waals surface area contributed by atoms with Gasteiger partial charge in [-0.2, -0.15) is 13.2 Å². The summed E-state index contributed by atoms with van der Waals surface area (Å²) in [5.74, 6) is -4.09. The molecule has 3 N–H and O–H groups in total. The van der Waals surface area contributed by atoms with Crippen molar-refractivity contribution in [3.8, 4) is 5.75 Å². The molecule has 2 rings (SSSR count). The molecule has 2 aromatic carbocycles. The fourth-order valence-corrected chi connectivity index (χ4v) is 3.32. The molecule has 14 heteroatoms. The zero-order chi connectivity index (χ0) is 27.4. The van der Waals surface area contributed by atoms with E-state index in [0.29, 0.717) is 13.8 Å². The molecule has 0 saturated carbocycles. The fourth-order valence-electron chi connectivity index (χ4n) is 2.71. The van der Waals surface area contributed by atoms with E-state index in [-0.39, 0.29) is 32.6 Å². The molecular formula is C22H19Cl2F5N2O5. The van der Waals surface area contributed by atoms with Gasteiger partial charge in [0.2, 0.25) is 5.91 Å². The molecule has 0 aliphatic heterocycles. The van der Waals surface area contributed by atoms with Crippen LogP contribution < -0.4 is 15.4 Å². The first-order valence-electron chi connectivity index (χ1n) is 9.97. The van der Waals surface area contributed by atoms with Crippen molar-refractivity contribution in [2.24, 2.45) is 5.41 Å². The van der Waals surface area contributed by atoms with Crippen molar-refractivity contribution in [1.82, 2.24) is 5.32 Å². The van der Waals surface area contributed by atoms with E-state index in [0.717, 1.165) is 12.1 Å². The summed E-state index contributed by atoms with van der Waals surface area (Å²) in [6.07, 6.45) is -7.65. The first-order valence-corrected chi connectivity index (χ1v) is 10.7. The second-order valence-corrected chi connectivity index (χ2v) is 8.66. The summed E-state index contributed by atoms with van der Waals surface area (Å²) in [5.41, 5.74) is -3.47. The summed E-state index contributed by atoms with van der Waals surface area (Å²) in [4.78, 5) is 36.3. The minimum atomic E-state index is -4.80. The van der Waals surface area contributed by atoms with Crippen molar-refractivity contribution in [1.29, 1.82) is 0 Å². The molecule has 0 aliphatic carbocycles. The van der Waals surface area contributed by atoms with E-state index in [4.69, 9.17) is 27.9 Å². The normalized spacial score (nSPS) is 11.8. The van der Waals surface area contributed by atoms with Crippen LogP contribution in [0.4, 0.5) is 27.6 Å². The smallest absolute Gasteiger partial charge is 0.402 e. The minimum absolute atomic E-state index is 0.0698. The maximum atomic E-state index is 13.1. The molecule has 36 heavy (non-hydrogen) atoms. The zero-order valence-electron chi connectivity index (χ0n) is 18.6. The topological polar surface area (TPSA) is 105 Å². The second-order valence-electron chi connectivity index (χ2n) is 7.87. The number of hydrogen-bond donors (Lipinski definition) is 3. The van der Waals surface area contributed by atoms with Crippen LogP contribution in [0.5, 0.6) is 5.75 Å². The molecule has 0 fully saturated rings. The number of hydrogen-bond acceptors (Lipinski definition) is 4. The van der Waals surface area contributed by atoms with Crippen molar-refractivity contribution in [2.45, 2.75) is 33.0 Å². The van der Waals surface area contributed by atoms with Gasteiger partial charge in [0.15, 0.2) is 0 Å². The number of nitrogens with one attached hydrogen (secondary N) is 2. The number of ether oxygens (including phenoxy) is 1. The summed E-state index contributed by atoms with van der Waals surface area (Å²) in [5, 5.41) is 13.4. The fraction of sp³-hybridized carbons (Fsp3) is 0.318. The number of amides is 2. The predicted octanol–water partition coefficient (Wildman–Crippen LogP) is 5.79. The Morgan fingerprint density at radius 1 is 1.08 bits per heavy atom. The van der Waals surface area contributed by atoms with Gasteiger partial charge in [0, 0.05) is 12.2 Å². The average Bonchev–Trinajstić information content (AvgIpc) is 2.76. The number of halogens is 7. The van der Waals surface area contributed by atoms with E-state index < -0.39 is 54.5 Å². The van der Waals surface area contributed by atoms with E-state index in [1.54, 1.807) is 0 Å². The zero-order valence-corrected chi connectivity index (χ0v) is 20.1. The van der Waals surface area contributed by atoms with Crippen LogP contribution in [0.1, 0.15) is 40.1 Å². The van der Waals surface area contributed by atoms with Gasteiger partial charge in [0.05, 0.1) is 15.6 Å². The van der Waals surface area contributed by atoms with E-state index >= 15 is 0 Å². The van der Waals surface area contributed by atoms with Crippen molar-refractivity contribution >= 4 is 46.7 Å². The van der Waals surface area contributed by atoms with Crippen LogP contribution in [0.15, 0.2) is 30.3 Å². The van der Waals surface area contributed by atoms with Gasteiger partial charge < -0.3 is 20.5 Å². The molecule has 0 aliphatic rings. The number of carboxylic acid groups (broad SMARTS) is 1. The number of aromatic carboxylic acids is 1. The van der Waals surface area contributed by atoms with Crippen LogP contribution in [0, 0.1) is 5.41 Å². The SMILES string of the molecule is CC(C)(C(=O)NCc1ccc(Cl)c(C(=O)Nc2ccc(OCC(F)F)c(C(=O)O)c2)c1Cl)C(F)(F)F. The molecule has 0 saturated heterocycles. The first kappa shape index (κ1) is 29.1. The van der Waals surface area contributed by atoms with Crippen LogP contribution in [0.2, 0.25) is 10.0 Å². The highest BCUT2D eigenvalue weighted by Gasteiger charge is 2.52. The highest BCUT2D eigenvalue weighted by atomic mass is 35.5. The summed E-state index contributed by atoms with van der Waals surface area (Å²) in [6, 6.07) is 5.77. The number of carbonyl (C=O) groups excluding carboxylic acids is 2. The highest BCUT2D eigenvalue weighted by Crippen LogP contribution is 2.38. The van der Waals surface area contributed by atoms with Gasteiger partial charge in [0.1, 0.15) is 23.3 Å². The second kappa shape index (κ2) is 11.3. The molecule has 0 radical (unpaired) electrons. The van der Waals surface area contributed by atoms with Crippen molar-refractivity contribution in [2.75, 3.05) is 11.9 Å². The molecule has 7 nitrogen and oxygen atoms in total. The van der Waals surface area contributed by atoms with E-state index in [9.17, 15) is 41.4 Å². The maximum absolute atomic E-state index is 13.1. The number of benzene rings is 2. The third kappa shape index (κ3) is 6.76. The Morgan fingerprint density at radius 2 is 1.72 bits per heavy atom. The molecular weight excluding hydrogens is 538 g/mol. The van der Waals surface area contributed by atoms with Crippen molar-refractivity contribution < 1.29 is 46.2 Å². The molecule has 0 spiro atoms. The third-order valence-electron chi connectivity index (χ3n) is 4.95. The van der Waals surface area contributed by atoms with Gasteiger partial charge >= 0.3 is 12.1 Å². The quantitative estimate of drug-likeness (QED) is 0.339. The minimum Gasteiger partial charge on any atom is -0.487 e. The Kier molecular flexibility index (Phi) is 9.13. The first-order chi connectivity index (χ1) is 16.6. The Bertz CT molecular complexity index is 1170. The lowest BCUT2D eigenvalue weighted by molar-refractivity contribution is -0.211. The molecule has 0 atom stereocenters. The Labute approximate surface area is 211 Å². The number of carboxylic acids is 1. The lowest BCUT2D eigenvalue weighted by Crippen LogP contribution is -2.46. The van der Waals surface area contributed by atoms with Gasteiger partial charge in [-0.1, -0.05) is 29.3 Å². The average molecular weight is 557 g/mol. The predicted molar refractivity (Wildman–Crippen MR) is 121 cm³/mol. The van der Waals surface area contributed by atoms with Gasteiger partial charge in [-0.3, -0.25) is 9.59 Å². The number of alkyl halides is 5. The number of carbonyl (C=O) groups is 3. The Morgan fingerprint density at radius 3 is 2.28 bits per heavy atom. The molecule has 0 aromatic heterocycles. The summed E-state index contributed by atoms with van der Waals surface area (Å²) in [6.45, 7) is -0.0750. The van der Waals surface area contributed by atoms with Crippen molar-refractivity contribution in [3.05, 3.63) is 57.1 Å². The van der Waals surface area contributed by atoms with Gasteiger partial charge in [-0.15, -0.1) is 0 Å². The summed E-state index contributed by atoms with van der Waals surface area (Å²) < 4.78 is 68.7. The number of anilines is 1. The largest absolute Gasteiger partial charge is 0.487 e. The van der Waals surface area contributed by atoms with Gasteiger partial charge in [0.25, 0.3) is 12.3 Å². The molecule has 196 valence electrons. The van der Waals surface area contributed by atoms with Crippen molar-refractivity contribution in [3.63, 3.8) is 0 Å². The molecule has 2 amide bonds. The monoisotopic (exact) mass is 556 g/mol. The third-order valence-corrected chi connectivity index (χ3v) is 5.69. The lowest BCUT2D eigenvalue weighted by atomic mass is 9.91. The van der Waals surface area contributed by atoms with Crippen LogP contribution in [0.25, 0.3) is 0 Å². The van der Waals surface area contributed by atoms with E-state index in [1.165, 1.54) is 18.2 Å². The maximum Gasteiger partial charge on any atom is 0.402 e. The van der Waals surface area contributed by atoms with Crippen LogP contribution in [-0.2, 0) is 11.3 Å². The summed E-state index contributed by atoms with van der Waals surface area (Å²) in [7, 11) is 0. The summed E-state index contributed by atoms with van der Waals surface area (Å²) >= 11 is 12.3. The van der Waals surface area contributed by atoms with Gasteiger partial charge in [-0.25, -0.2) is 13.6 Å². The highest BCUT2D eigenvalue weighted by molar-refractivity contribution is 6.40. The Balaban J connectivity index is 2.26. The standard InChI is InChI=1S/C22H19Cl2F5N2O5/c1-21(2,22(27,28)29)20(35)30-8-10-3-5-13(23)16(17(10)24)18(32)31-11-4-6-14(36-9-15(25)26)12(7-11)19(33)34/h3-7,15H,8-9H2,1-2H3,(H,30,35)(H,31,32)(H,33,34). The molecule has 2 aromatic rings. The van der Waals surface area contributed by atoms with E-state index in [2.05, 4.69) is 10.6 Å². The van der Waals surface area contributed by atoms with Crippen LogP contribution in [-0.4, -0.2) is 42.1 Å². The van der Waals surface area contributed by atoms with Crippen LogP contribution in [0.3, 0.4) is 0 Å². The molecule has 0 bridgehead atoms. The molecule has 0 heterocycles. The van der Waals surface area contributed by atoms with E-state index in [1.807, 2.05) is 0 Å². The lowest BCUT2D eigenvalue weighted by Gasteiger charge is -2.26. The Hall–Kier alpha value is -3.12. The number of rotatable bonds is 9. The van der Waals surface area contributed by atoms with Gasteiger partial charge in [-0.05, 0) is 43.7 Å². The molecule has 0 unspecified atom stereocenters.